The first-order valence-electron chi connectivity index (χ1n) is 14.6. The highest BCUT2D eigenvalue weighted by molar-refractivity contribution is 6.04. The van der Waals surface area contributed by atoms with Crippen LogP contribution in [0.5, 0.6) is 0 Å². The topological polar surface area (TPSA) is 76.4 Å². The van der Waals surface area contributed by atoms with E-state index in [4.69, 9.17) is 9.47 Å². The van der Waals surface area contributed by atoms with E-state index in [2.05, 4.69) is 37.3 Å². The number of benzene rings is 2. The second-order valence-corrected chi connectivity index (χ2v) is 11.2. The van der Waals surface area contributed by atoms with Crippen LogP contribution >= 0.6 is 0 Å². The molecule has 3 atom stereocenters. The molecule has 2 aromatic rings. The highest BCUT2D eigenvalue weighted by Gasteiger charge is 2.48. The molecule has 0 spiro atoms. The Hall–Kier alpha value is -3.65. The highest BCUT2D eigenvalue weighted by atomic mass is 16.6. The Kier molecular flexibility index (Phi) is 11.8. The molecule has 1 unspecified atom stereocenters. The van der Waals surface area contributed by atoms with Gasteiger partial charge in [-0.2, -0.15) is 5.26 Å². The Morgan fingerprint density at radius 1 is 0.925 bits per heavy atom. The van der Waals surface area contributed by atoms with Gasteiger partial charge in [-0.25, -0.2) is 0 Å². The van der Waals surface area contributed by atoms with E-state index in [0.29, 0.717) is 12.3 Å². The van der Waals surface area contributed by atoms with Crippen molar-refractivity contribution in [3.63, 3.8) is 0 Å². The van der Waals surface area contributed by atoms with Crippen LogP contribution in [0, 0.1) is 28.6 Å². The Morgan fingerprint density at radius 3 is 2.20 bits per heavy atom. The van der Waals surface area contributed by atoms with Crippen molar-refractivity contribution in [2.45, 2.75) is 78.7 Å². The largest absolute Gasteiger partial charge is 0.463 e. The molecule has 0 radical (unpaired) electrons. The van der Waals surface area contributed by atoms with Gasteiger partial charge in [-0.15, -0.1) is 0 Å². The first-order valence-corrected chi connectivity index (χ1v) is 14.6. The van der Waals surface area contributed by atoms with E-state index in [1.54, 1.807) is 6.08 Å². The Labute approximate surface area is 239 Å². The number of allylic oxidation sites excluding steroid dienone is 3. The van der Waals surface area contributed by atoms with E-state index in [9.17, 15) is 14.9 Å². The van der Waals surface area contributed by atoms with Crippen molar-refractivity contribution in [1.82, 2.24) is 0 Å². The second-order valence-electron chi connectivity index (χ2n) is 11.2. The van der Waals surface area contributed by atoms with Crippen molar-refractivity contribution in [3.8, 4) is 17.2 Å². The minimum Gasteiger partial charge on any atom is -0.463 e. The van der Waals surface area contributed by atoms with Crippen molar-refractivity contribution in [2.24, 2.45) is 17.3 Å². The molecule has 0 fully saturated rings. The van der Waals surface area contributed by atoms with E-state index >= 15 is 0 Å². The van der Waals surface area contributed by atoms with Gasteiger partial charge in [0.15, 0.2) is 5.41 Å². The predicted octanol–water partition coefficient (Wildman–Crippen LogP) is 8.31. The number of nitrogens with zero attached hydrogens (tertiary/aromatic N) is 1. The average Bonchev–Trinajstić information content (AvgIpc) is 2.97. The Bertz CT molecular complexity index is 1210. The Morgan fingerprint density at radius 2 is 1.60 bits per heavy atom. The molecule has 5 nitrogen and oxygen atoms in total. The van der Waals surface area contributed by atoms with Gasteiger partial charge in [0, 0.05) is 0 Å². The van der Waals surface area contributed by atoms with Crippen LogP contribution in [0.2, 0.25) is 0 Å². The maximum Gasteiger partial charge on any atom is 0.328 e. The molecule has 40 heavy (non-hydrogen) atoms. The van der Waals surface area contributed by atoms with E-state index in [-0.39, 0.29) is 19.1 Å². The lowest BCUT2D eigenvalue weighted by Crippen LogP contribution is -2.42. The molecule has 3 rings (SSSR count). The van der Waals surface area contributed by atoms with Gasteiger partial charge >= 0.3 is 11.9 Å². The summed E-state index contributed by atoms with van der Waals surface area (Å²) in [4.78, 5) is 27.0. The zero-order chi connectivity index (χ0) is 29.0. The number of carbonyl (C=O) groups excluding carboxylic acids is 2. The van der Waals surface area contributed by atoms with Crippen LogP contribution in [0.4, 0.5) is 0 Å². The third-order valence-electron chi connectivity index (χ3n) is 7.37. The summed E-state index contributed by atoms with van der Waals surface area (Å²) in [5.41, 5.74) is 2.62. The smallest absolute Gasteiger partial charge is 0.328 e. The lowest BCUT2D eigenvalue weighted by Gasteiger charge is -2.30. The molecule has 0 heterocycles. The molecule has 0 bridgehead atoms. The molecule has 5 heteroatoms. The van der Waals surface area contributed by atoms with Crippen molar-refractivity contribution in [1.29, 1.82) is 5.26 Å². The predicted molar refractivity (Wildman–Crippen MR) is 160 cm³/mol. The fraction of sp³-hybridized carbons (Fsp3) is 0.457. The molecule has 0 amide bonds. The fourth-order valence-corrected chi connectivity index (χ4v) is 4.96. The van der Waals surface area contributed by atoms with Gasteiger partial charge in [0.05, 0.1) is 18.1 Å². The van der Waals surface area contributed by atoms with Gasteiger partial charge in [0.2, 0.25) is 0 Å². The summed E-state index contributed by atoms with van der Waals surface area (Å²) < 4.78 is 11.4. The minimum atomic E-state index is -1.57. The lowest BCUT2D eigenvalue weighted by molar-refractivity contribution is -0.172. The van der Waals surface area contributed by atoms with E-state index in [1.807, 2.05) is 63.3 Å². The monoisotopic (exact) mass is 541 g/mol. The molecule has 212 valence electrons. The van der Waals surface area contributed by atoms with Crippen LogP contribution in [0.1, 0.15) is 78.2 Å². The van der Waals surface area contributed by atoms with E-state index in [0.717, 1.165) is 54.4 Å². The molecule has 0 saturated heterocycles. The number of carbonyl (C=O) groups is 2. The molecule has 2 aromatic carbocycles. The standard InChI is InChI=1S/C35H43NO4/c1-5-6-7-9-12-27(4)40-34(38)35(33(37)39-25-28(24-36)23-26(2)3)21-19-32(20-22-35)31-17-15-30(16-18-31)29-13-10-8-11-14-29/h8,10-11,13-21,26-28H,5-7,9,12,22-23,25H2,1-4H3/t27-,28+,35?/m1/s1. The molecule has 0 aromatic heterocycles. The van der Waals surface area contributed by atoms with Crippen molar-refractivity contribution >= 4 is 17.5 Å². The number of hydrogen-bond acceptors (Lipinski definition) is 5. The number of ether oxygens (including phenoxy) is 2. The third kappa shape index (κ3) is 8.42. The first kappa shape index (κ1) is 30.9. The molecule has 1 aliphatic rings. The number of esters is 2. The highest BCUT2D eigenvalue weighted by Crippen LogP contribution is 2.37. The molecule has 0 aliphatic heterocycles. The van der Waals surface area contributed by atoms with Gasteiger partial charge in [-0.3, -0.25) is 9.59 Å². The van der Waals surface area contributed by atoms with Gasteiger partial charge in [0.25, 0.3) is 0 Å². The molecule has 1 aliphatic carbocycles. The maximum absolute atomic E-state index is 13.5. The summed E-state index contributed by atoms with van der Waals surface area (Å²) in [6.45, 7) is 8.04. The normalized spacial score (nSPS) is 17.9. The Balaban J connectivity index is 1.77. The zero-order valence-electron chi connectivity index (χ0n) is 24.4. The summed E-state index contributed by atoms with van der Waals surface area (Å²) >= 11 is 0. The fourth-order valence-electron chi connectivity index (χ4n) is 4.96. The van der Waals surface area contributed by atoms with Crippen LogP contribution in [0.25, 0.3) is 16.7 Å². The average molecular weight is 542 g/mol. The molecule has 0 N–H and O–H groups in total. The van der Waals surface area contributed by atoms with Gasteiger partial charge < -0.3 is 9.47 Å². The van der Waals surface area contributed by atoms with Crippen LogP contribution in [0.15, 0.2) is 72.8 Å². The van der Waals surface area contributed by atoms with Crippen LogP contribution in [-0.2, 0) is 19.1 Å². The maximum atomic E-state index is 13.5. The SMILES string of the molecule is CCCCCC[C@@H](C)OC(=O)C1(C(=O)OC[C@H](C#N)CC(C)C)C=CC(c2ccc(-c3ccccc3)cc2)=CC1. The van der Waals surface area contributed by atoms with Crippen LogP contribution < -0.4 is 0 Å². The first-order chi connectivity index (χ1) is 19.3. The molecular weight excluding hydrogens is 498 g/mol. The molecule has 0 saturated carbocycles. The lowest BCUT2D eigenvalue weighted by atomic mass is 9.78. The second kappa shape index (κ2) is 15.2. The van der Waals surface area contributed by atoms with Gasteiger partial charge in [0.1, 0.15) is 6.61 Å². The summed E-state index contributed by atoms with van der Waals surface area (Å²) in [5, 5.41) is 9.51. The minimum absolute atomic E-state index is 0.0412. The summed E-state index contributed by atoms with van der Waals surface area (Å²) in [6, 6.07) is 20.6. The van der Waals surface area contributed by atoms with Crippen molar-refractivity contribution in [3.05, 3.63) is 78.4 Å². The number of rotatable bonds is 14. The quantitative estimate of drug-likeness (QED) is 0.137. The summed E-state index contributed by atoms with van der Waals surface area (Å²) in [6.07, 6.45) is 10.9. The van der Waals surface area contributed by atoms with E-state index < -0.39 is 23.3 Å². The molecular formula is C35H43NO4. The summed E-state index contributed by atoms with van der Waals surface area (Å²) in [7, 11) is 0. The van der Waals surface area contributed by atoms with Crippen molar-refractivity contribution in [2.75, 3.05) is 6.61 Å². The van der Waals surface area contributed by atoms with E-state index in [1.165, 1.54) is 0 Å². The van der Waals surface area contributed by atoms with Crippen LogP contribution in [-0.4, -0.2) is 24.6 Å². The van der Waals surface area contributed by atoms with Crippen LogP contribution in [0.3, 0.4) is 0 Å². The summed E-state index contributed by atoms with van der Waals surface area (Å²) in [5.74, 6) is -1.38. The van der Waals surface area contributed by atoms with Gasteiger partial charge in [-0.05, 0) is 60.8 Å². The number of unbranched alkanes of at least 4 members (excludes halogenated alkanes) is 3. The number of hydrogen-bond donors (Lipinski definition) is 0. The zero-order valence-corrected chi connectivity index (χ0v) is 24.4. The van der Waals surface area contributed by atoms with Gasteiger partial charge in [-0.1, -0.05) is 113 Å². The third-order valence-corrected chi connectivity index (χ3v) is 7.37. The number of nitriles is 1. The van der Waals surface area contributed by atoms with Crippen molar-refractivity contribution < 1.29 is 19.1 Å².